The molecule has 0 aliphatic carbocycles. The second-order valence-corrected chi connectivity index (χ2v) is 12.9. The van der Waals surface area contributed by atoms with E-state index in [0.717, 1.165) is 0 Å². The molecule has 0 saturated heterocycles. The van der Waals surface area contributed by atoms with Crippen LogP contribution in [-0.2, 0) is 0 Å². The lowest BCUT2D eigenvalue weighted by atomic mass is 10.1. The number of hydrogen-bond donors (Lipinski definition) is 2. The van der Waals surface area contributed by atoms with E-state index in [-0.39, 0.29) is 56.9 Å². The van der Waals surface area contributed by atoms with Gasteiger partial charge in [0.05, 0.1) is 5.56 Å². The highest BCUT2D eigenvalue weighted by molar-refractivity contribution is 6.09. The summed E-state index contributed by atoms with van der Waals surface area (Å²) in [6, 6.07) is 45.9. The summed E-state index contributed by atoms with van der Waals surface area (Å²) in [7, 11) is 0. The Kier molecular flexibility index (Phi) is 13.4. The van der Waals surface area contributed by atoms with Crippen molar-refractivity contribution in [3.05, 3.63) is 199 Å². The largest absolute Gasteiger partial charge is 0.519 e. The summed E-state index contributed by atoms with van der Waals surface area (Å²) in [5.74, 6) is -0.914. The maximum Gasteiger partial charge on any atom is 0.519 e. The normalized spacial score (nSPS) is 10.3. The van der Waals surface area contributed by atoms with Gasteiger partial charge in [0.25, 0.3) is 11.8 Å². The Morgan fingerprint density at radius 2 is 0.603 bits per heavy atom. The van der Waals surface area contributed by atoms with Gasteiger partial charge in [-0.25, -0.2) is 19.2 Å². The fourth-order valence-electron chi connectivity index (χ4n) is 5.48. The van der Waals surface area contributed by atoms with E-state index in [0.29, 0.717) is 11.4 Å². The van der Waals surface area contributed by atoms with Gasteiger partial charge in [0.2, 0.25) is 0 Å². The molecule has 0 unspecified atom stereocenters. The van der Waals surface area contributed by atoms with Crippen LogP contribution >= 0.6 is 0 Å². The molecule has 0 spiro atoms. The van der Waals surface area contributed by atoms with E-state index >= 15 is 0 Å². The van der Waals surface area contributed by atoms with Gasteiger partial charge < -0.3 is 43.8 Å². The van der Waals surface area contributed by atoms with Crippen molar-refractivity contribution in [1.82, 2.24) is 0 Å². The van der Waals surface area contributed by atoms with Gasteiger partial charge in [-0.05, 0) is 127 Å². The number of hydrogen-bond acceptors (Lipinski definition) is 13. The van der Waals surface area contributed by atoms with Gasteiger partial charge in [-0.3, -0.25) is 9.59 Å². The zero-order valence-electron chi connectivity index (χ0n) is 32.6. The van der Waals surface area contributed by atoms with Gasteiger partial charge in [-0.15, -0.1) is 0 Å². The predicted octanol–water partition coefficient (Wildman–Crippen LogP) is 10.1. The first-order valence-corrected chi connectivity index (χ1v) is 18.8. The molecule has 7 rings (SSSR count). The smallest absolute Gasteiger partial charge is 0.423 e. The van der Waals surface area contributed by atoms with Crippen LogP contribution in [0.3, 0.4) is 0 Å². The summed E-state index contributed by atoms with van der Waals surface area (Å²) >= 11 is 0. The molecule has 2 N–H and O–H groups in total. The van der Waals surface area contributed by atoms with Crippen LogP contribution in [0.1, 0.15) is 31.1 Å². The minimum atomic E-state index is -0.978. The lowest BCUT2D eigenvalue weighted by Crippen LogP contribution is -2.18. The first kappa shape index (κ1) is 41.9. The highest BCUT2D eigenvalue weighted by Gasteiger charge is 2.19. The zero-order chi connectivity index (χ0) is 44.0. The van der Waals surface area contributed by atoms with Crippen molar-refractivity contribution in [3.63, 3.8) is 0 Å². The number of benzene rings is 7. The molecule has 0 bridgehead atoms. The average Bonchev–Trinajstić information content (AvgIpc) is 3.28. The molecule has 0 aromatic heterocycles. The first-order valence-electron chi connectivity index (χ1n) is 18.8. The summed E-state index contributed by atoms with van der Waals surface area (Å²) < 4.78 is 36.6. The van der Waals surface area contributed by atoms with Crippen molar-refractivity contribution in [2.24, 2.45) is 0 Å². The molecule has 0 fully saturated rings. The third-order valence-electron chi connectivity index (χ3n) is 8.39. The molecule has 0 saturated carbocycles. The van der Waals surface area contributed by atoms with Crippen LogP contribution in [0.25, 0.3) is 0 Å². The maximum absolute atomic E-state index is 13.6. The molecule has 7 aromatic rings. The molecule has 0 aliphatic rings. The second kappa shape index (κ2) is 20.1. The van der Waals surface area contributed by atoms with Crippen molar-refractivity contribution in [2.45, 2.75) is 0 Å². The molecule has 0 atom stereocenters. The highest BCUT2D eigenvalue weighted by atomic mass is 16.7. The summed E-state index contributed by atoms with van der Waals surface area (Å²) in [5.41, 5.74) is 0.321. The van der Waals surface area contributed by atoms with E-state index in [1.165, 1.54) is 91.0 Å². The van der Waals surface area contributed by atoms with E-state index in [1.54, 1.807) is 91.0 Å². The van der Waals surface area contributed by atoms with Crippen molar-refractivity contribution in [2.75, 3.05) is 10.6 Å². The van der Waals surface area contributed by atoms with E-state index in [2.05, 4.69) is 10.6 Å². The number of carbonyl (C=O) groups excluding carboxylic acids is 6. The standard InChI is InChI=1S/C48H32N2O13/c51-43(31-16-20-40(21-17-31)61-46(54)58-36-10-4-1-5-11-36)50-35-29-32(44(52)49-34-18-22-41(23-19-34)62-47(55)59-37-12-6-2-7-13-37)28-33(30-35)45(53)57-39-24-26-42(27-25-39)63-48(56)60-38-14-8-3-9-15-38/h1-30H,(H,49,52)(H,50,51). The van der Waals surface area contributed by atoms with Gasteiger partial charge in [-0.2, -0.15) is 0 Å². The minimum Gasteiger partial charge on any atom is -0.423 e. The molecule has 7 aromatic carbocycles. The predicted molar refractivity (Wildman–Crippen MR) is 226 cm³/mol. The van der Waals surface area contributed by atoms with Crippen LogP contribution in [-0.4, -0.2) is 36.2 Å². The number of amides is 2. The van der Waals surface area contributed by atoms with Crippen LogP contribution in [0.15, 0.2) is 182 Å². The van der Waals surface area contributed by atoms with E-state index in [1.807, 2.05) is 0 Å². The molecule has 0 aliphatic heterocycles. The topological polar surface area (TPSA) is 191 Å². The number of anilines is 2. The van der Waals surface area contributed by atoms with Gasteiger partial charge in [0, 0.05) is 22.5 Å². The van der Waals surface area contributed by atoms with Crippen LogP contribution in [0, 0.1) is 0 Å². The van der Waals surface area contributed by atoms with Crippen LogP contribution in [0.5, 0.6) is 40.2 Å². The molecule has 63 heavy (non-hydrogen) atoms. The number of rotatable bonds is 12. The molecule has 0 heterocycles. The lowest BCUT2D eigenvalue weighted by molar-refractivity contribution is 0.0733. The minimum absolute atomic E-state index is 0.0483. The Morgan fingerprint density at radius 3 is 1.03 bits per heavy atom. The monoisotopic (exact) mass is 844 g/mol. The summed E-state index contributed by atoms with van der Waals surface area (Å²) in [6.45, 7) is 0. The number of nitrogens with one attached hydrogen (secondary N) is 2. The van der Waals surface area contributed by atoms with Crippen LogP contribution < -0.4 is 43.8 Å². The van der Waals surface area contributed by atoms with Crippen LogP contribution in [0.2, 0.25) is 0 Å². The quantitative estimate of drug-likeness (QED) is 0.0671. The lowest BCUT2D eigenvalue weighted by Gasteiger charge is -2.12. The van der Waals surface area contributed by atoms with Gasteiger partial charge in [-0.1, -0.05) is 54.6 Å². The Labute approximate surface area is 358 Å². The molecule has 15 nitrogen and oxygen atoms in total. The number of carbonyl (C=O) groups is 6. The summed E-state index contributed by atoms with van der Waals surface area (Å²) in [5, 5.41) is 5.38. The fourth-order valence-corrected chi connectivity index (χ4v) is 5.48. The number of para-hydroxylation sites is 3. The zero-order valence-corrected chi connectivity index (χ0v) is 32.6. The molecule has 2 amide bonds. The fraction of sp³-hybridized carbons (Fsp3) is 0. The van der Waals surface area contributed by atoms with Crippen molar-refractivity contribution in [1.29, 1.82) is 0 Å². The van der Waals surface area contributed by atoms with Crippen molar-refractivity contribution in [3.8, 4) is 40.2 Å². The Morgan fingerprint density at radius 1 is 0.286 bits per heavy atom. The SMILES string of the molecule is O=C(Oc1ccccc1)Oc1ccc(NC(=O)c2cc(NC(=O)c3ccc(OC(=O)Oc4ccccc4)cc3)cc(C(=O)Oc3ccc(OC(=O)Oc4ccccc4)cc3)c2)cc1. The summed E-state index contributed by atoms with van der Waals surface area (Å²) in [4.78, 5) is 77.2. The van der Waals surface area contributed by atoms with Gasteiger partial charge in [0.15, 0.2) is 0 Å². The van der Waals surface area contributed by atoms with Gasteiger partial charge in [0.1, 0.15) is 40.2 Å². The third-order valence-corrected chi connectivity index (χ3v) is 8.39. The summed E-state index contributed by atoms with van der Waals surface area (Å²) in [6.07, 6.45) is -2.92. The van der Waals surface area contributed by atoms with E-state index in [4.69, 9.17) is 33.2 Å². The Balaban J connectivity index is 1.04. The molecule has 0 radical (unpaired) electrons. The van der Waals surface area contributed by atoms with Crippen molar-refractivity contribution >= 4 is 47.6 Å². The van der Waals surface area contributed by atoms with Crippen LogP contribution in [0.4, 0.5) is 25.8 Å². The van der Waals surface area contributed by atoms with E-state index < -0.39 is 36.2 Å². The molecule has 15 heteroatoms. The average molecular weight is 845 g/mol. The highest BCUT2D eigenvalue weighted by Crippen LogP contribution is 2.25. The van der Waals surface area contributed by atoms with Gasteiger partial charge >= 0.3 is 24.4 Å². The number of ether oxygens (including phenoxy) is 7. The van der Waals surface area contributed by atoms with Crippen molar-refractivity contribution < 1.29 is 61.9 Å². The molecular formula is C48H32N2O13. The first-order chi connectivity index (χ1) is 30.6. The second-order valence-electron chi connectivity index (χ2n) is 12.9. The molecule has 312 valence electrons. The third kappa shape index (κ3) is 12.4. The Hall–Kier alpha value is -9.24. The van der Waals surface area contributed by atoms with E-state index in [9.17, 15) is 28.8 Å². The Bertz CT molecular complexity index is 2600. The number of esters is 1. The maximum atomic E-state index is 13.6. The molecular weight excluding hydrogens is 813 g/mol.